The average molecular weight is 255 g/mol. The van der Waals surface area contributed by atoms with E-state index < -0.39 is 0 Å². The van der Waals surface area contributed by atoms with Crippen LogP contribution in [0.5, 0.6) is 0 Å². The third kappa shape index (κ3) is 2.60. The number of rotatable bonds is 3. The maximum Gasteiger partial charge on any atom is 0.232 e. The lowest BCUT2D eigenvalue weighted by atomic mass is 10.0. The monoisotopic (exact) mass is 255 g/mol. The summed E-state index contributed by atoms with van der Waals surface area (Å²) < 4.78 is 0. The molecule has 1 amide bonds. The van der Waals surface area contributed by atoms with E-state index in [-0.39, 0.29) is 11.8 Å². The maximum absolute atomic E-state index is 12.3. The van der Waals surface area contributed by atoms with E-state index >= 15 is 0 Å². The second-order valence-electron chi connectivity index (χ2n) is 4.98. The Morgan fingerprint density at radius 2 is 2.24 bits per heavy atom. The van der Waals surface area contributed by atoms with Crippen LogP contribution in [0.15, 0.2) is 0 Å². The fourth-order valence-electron chi connectivity index (χ4n) is 2.91. The van der Waals surface area contributed by atoms with Crippen LogP contribution < -0.4 is 5.73 Å². The van der Waals surface area contributed by atoms with Crippen molar-refractivity contribution in [3.05, 3.63) is 0 Å². The zero-order chi connectivity index (χ0) is 12.4. The van der Waals surface area contributed by atoms with E-state index in [2.05, 4.69) is 4.90 Å². The molecule has 2 atom stereocenters. The Morgan fingerprint density at radius 3 is 2.88 bits per heavy atom. The first-order valence-electron chi connectivity index (χ1n) is 6.45. The summed E-state index contributed by atoms with van der Waals surface area (Å²) in [7, 11) is 0. The summed E-state index contributed by atoms with van der Waals surface area (Å²) in [5.41, 5.74) is 5.64. The molecule has 2 aliphatic heterocycles. The molecule has 0 saturated carbocycles. The number of nitrogens with zero attached hydrogens (tertiary/aromatic N) is 2. The summed E-state index contributed by atoms with van der Waals surface area (Å²) in [5.74, 6) is -0.135. The number of thiocarbonyl (C=S) groups is 1. The highest BCUT2D eigenvalue weighted by atomic mass is 32.1. The molecule has 0 spiro atoms. The molecule has 2 aliphatic rings. The summed E-state index contributed by atoms with van der Waals surface area (Å²) in [6, 6.07) is 0.566. The van der Waals surface area contributed by atoms with Gasteiger partial charge < -0.3 is 10.6 Å². The minimum atomic E-state index is -0.266. The topological polar surface area (TPSA) is 49.6 Å². The molecule has 2 heterocycles. The number of carbonyl (C=O) groups is 1. The van der Waals surface area contributed by atoms with E-state index in [1.54, 1.807) is 0 Å². The Labute approximate surface area is 108 Å². The zero-order valence-corrected chi connectivity index (χ0v) is 11.2. The minimum Gasteiger partial charge on any atom is -0.393 e. The Balaban J connectivity index is 1.98. The molecule has 5 heteroatoms. The fraction of sp³-hybridized carbons (Fsp3) is 0.833. The van der Waals surface area contributed by atoms with Crippen molar-refractivity contribution in [2.75, 3.05) is 26.2 Å². The molecule has 2 rings (SSSR count). The number of carbonyl (C=O) groups excluding carboxylic acids is 1. The van der Waals surface area contributed by atoms with E-state index in [0.717, 1.165) is 19.6 Å². The van der Waals surface area contributed by atoms with E-state index in [1.807, 2.05) is 11.8 Å². The number of fused-ring (bicyclic) bond motifs is 1. The SMILES string of the molecule is CCC(C(=O)N1CCN2CCCC2C1)C(N)=S. The molecule has 2 unspecified atom stereocenters. The predicted molar refractivity (Wildman–Crippen MR) is 71.7 cm³/mol. The summed E-state index contributed by atoms with van der Waals surface area (Å²) in [5, 5.41) is 0. The summed E-state index contributed by atoms with van der Waals surface area (Å²) in [4.78, 5) is 17.1. The van der Waals surface area contributed by atoms with Gasteiger partial charge in [-0.25, -0.2) is 0 Å². The molecule has 0 radical (unpaired) electrons. The van der Waals surface area contributed by atoms with Gasteiger partial charge in [0.15, 0.2) is 0 Å². The summed E-state index contributed by atoms with van der Waals surface area (Å²) >= 11 is 4.97. The Kier molecular flexibility index (Phi) is 3.99. The van der Waals surface area contributed by atoms with Crippen LogP contribution in [0.25, 0.3) is 0 Å². The summed E-state index contributed by atoms with van der Waals surface area (Å²) in [6.07, 6.45) is 3.19. The van der Waals surface area contributed by atoms with Crippen molar-refractivity contribution >= 4 is 23.1 Å². The highest BCUT2D eigenvalue weighted by Gasteiger charge is 2.34. The van der Waals surface area contributed by atoms with Crippen LogP contribution in [-0.2, 0) is 4.79 Å². The average Bonchev–Trinajstić information content (AvgIpc) is 2.75. The van der Waals surface area contributed by atoms with Crippen molar-refractivity contribution < 1.29 is 4.79 Å². The molecule has 2 fully saturated rings. The van der Waals surface area contributed by atoms with Crippen LogP contribution >= 0.6 is 12.2 Å². The largest absolute Gasteiger partial charge is 0.393 e. The molecule has 0 aliphatic carbocycles. The zero-order valence-electron chi connectivity index (χ0n) is 10.4. The summed E-state index contributed by atoms with van der Waals surface area (Å²) in [6.45, 7) is 5.85. The third-order valence-electron chi connectivity index (χ3n) is 3.95. The number of hydrogen-bond donors (Lipinski definition) is 1. The fourth-order valence-corrected chi connectivity index (χ4v) is 3.18. The van der Waals surface area contributed by atoms with Crippen LogP contribution in [-0.4, -0.2) is 52.9 Å². The van der Waals surface area contributed by atoms with E-state index in [1.165, 1.54) is 19.4 Å². The van der Waals surface area contributed by atoms with Crippen LogP contribution in [0.4, 0.5) is 0 Å². The lowest BCUT2D eigenvalue weighted by molar-refractivity contribution is -0.136. The molecule has 4 nitrogen and oxygen atoms in total. The van der Waals surface area contributed by atoms with Gasteiger partial charge in [-0.3, -0.25) is 9.69 Å². The van der Waals surface area contributed by atoms with Crippen molar-refractivity contribution in [3.63, 3.8) is 0 Å². The third-order valence-corrected chi connectivity index (χ3v) is 4.23. The van der Waals surface area contributed by atoms with Gasteiger partial charge in [0.05, 0.1) is 10.9 Å². The smallest absolute Gasteiger partial charge is 0.232 e. The van der Waals surface area contributed by atoms with Crippen LogP contribution in [0.1, 0.15) is 26.2 Å². The van der Waals surface area contributed by atoms with Crippen LogP contribution in [0.3, 0.4) is 0 Å². The lowest BCUT2D eigenvalue weighted by Crippen LogP contribution is -2.54. The Hall–Kier alpha value is -0.680. The number of nitrogens with two attached hydrogens (primary N) is 1. The molecular formula is C12H21N3OS. The first-order valence-corrected chi connectivity index (χ1v) is 6.86. The van der Waals surface area contributed by atoms with Gasteiger partial charge in [-0.05, 0) is 25.8 Å². The van der Waals surface area contributed by atoms with Gasteiger partial charge >= 0.3 is 0 Å². The van der Waals surface area contributed by atoms with Gasteiger partial charge in [-0.15, -0.1) is 0 Å². The molecule has 17 heavy (non-hydrogen) atoms. The quantitative estimate of drug-likeness (QED) is 0.751. The van der Waals surface area contributed by atoms with Gasteiger partial charge in [-0.2, -0.15) is 0 Å². The second-order valence-corrected chi connectivity index (χ2v) is 5.45. The van der Waals surface area contributed by atoms with E-state index in [4.69, 9.17) is 18.0 Å². The highest BCUT2D eigenvalue weighted by molar-refractivity contribution is 7.80. The standard InChI is InChI=1S/C12H21N3OS/c1-2-10(11(13)17)12(16)15-7-6-14-5-3-4-9(14)8-15/h9-10H,2-8H2,1H3,(H2,13,17). The maximum atomic E-state index is 12.3. The molecule has 2 N–H and O–H groups in total. The van der Waals surface area contributed by atoms with Crippen molar-refractivity contribution in [2.24, 2.45) is 11.7 Å². The molecule has 2 saturated heterocycles. The first kappa shape index (κ1) is 12.8. The van der Waals surface area contributed by atoms with Gasteiger partial charge in [0.1, 0.15) is 0 Å². The van der Waals surface area contributed by atoms with Crippen molar-refractivity contribution in [3.8, 4) is 0 Å². The van der Waals surface area contributed by atoms with E-state index in [0.29, 0.717) is 17.5 Å². The van der Waals surface area contributed by atoms with Crippen molar-refractivity contribution in [2.45, 2.75) is 32.2 Å². The first-order chi connectivity index (χ1) is 8.13. The second kappa shape index (κ2) is 5.31. The predicted octanol–water partition coefficient (Wildman–Crippen LogP) is 0.605. The van der Waals surface area contributed by atoms with Gasteiger partial charge in [0, 0.05) is 25.7 Å². The van der Waals surface area contributed by atoms with E-state index in [9.17, 15) is 4.79 Å². The normalized spacial score (nSPS) is 26.6. The Bertz CT molecular complexity index is 321. The molecule has 96 valence electrons. The van der Waals surface area contributed by atoms with Gasteiger partial charge in [0.25, 0.3) is 0 Å². The Morgan fingerprint density at radius 1 is 1.47 bits per heavy atom. The molecule has 0 aromatic heterocycles. The number of piperazine rings is 1. The van der Waals surface area contributed by atoms with Gasteiger partial charge in [-0.1, -0.05) is 19.1 Å². The minimum absolute atomic E-state index is 0.131. The van der Waals surface area contributed by atoms with Crippen LogP contribution in [0, 0.1) is 5.92 Å². The molecule has 0 bridgehead atoms. The number of amides is 1. The van der Waals surface area contributed by atoms with Crippen molar-refractivity contribution in [1.29, 1.82) is 0 Å². The van der Waals surface area contributed by atoms with Crippen LogP contribution in [0.2, 0.25) is 0 Å². The molecule has 0 aromatic carbocycles. The molecular weight excluding hydrogens is 234 g/mol. The number of hydrogen-bond acceptors (Lipinski definition) is 3. The highest BCUT2D eigenvalue weighted by Crippen LogP contribution is 2.22. The lowest BCUT2D eigenvalue weighted by Gasteiger charge is -2.38. The van der Waals surface area contributed by atoms with Crippen molar-refractivity contribution in [1.82, 2.24) is 9.80 Å². The van der Waals surface area contributed by atoms with Gasteiger partial charge in [0.2, 0.25) is 5.91 Å². The molecule has 0 aromatic rings.